The average molecular weight is 469 g/mol. The maximum atomic E-state index is 14.4. The molecule has 1 saturated carbocycles. The molecule has 1 aliphatic carbocycles. The van der Waals surface area contributed by atoms with Crippen molar-refractivity contribution in [3.05, 3.63) is 58.9 Å². The number of hydrogen-bond donors (Lipinski definition) is 2. The van der Waals surface area contributed by atoms with Gasteiger partial charge in [-0.15, -0.1) is 0 Å². The second kappa shape index (κ2) is 10.1. The summed E-state index contributed by atoms with van der Waals surface area (Å²) >= 11 is 0. The lowest BCUT2D eigenvalue weighted by Crippen LogP contribution is -2.43. The fraction of sp³-hybridized carbons (Fsp3) is 0.481. The van der Waals surface area contributed by atoms with Crippen molar-refractivity contribution in [2.75, 3.05) is 30.0 Å². The van der Waals surface area contributed by atoms with Gasteiger partial charge >= 0.3 is 5.97 Å². The average Bonchev–Trinajstić information content (AvgIpc) is 2.77. The smallest absolute Gasteiger partial charge is 0.314 e. The minimum atomic E-state index is -0.906. The maximum absolute atomic E-state index is 14.4. The van der Waals surface area contributed by atoms with Crippen molar-refractivity contribution in [3.63, 3.8) is 0 Å². The summed E-state index contributed by atoms with van der Waals surface area (Å²) in [5.74, 6) is -1.56. The van der Waals surface area contributed by atoms with Crippen molar-refractivity contribution in [3.8, 4) is 0 Å². The Balaban J connectivity index is 1.67. The lowest BCUT2D eigenvalue weighted by molar-refractivity contribution is -0.147. The molecule has 0 aromatic heterocycles. The molecule has 0 atom stereocenters. The van der Waals surface area contributed by atoms with Crippen LogP contribution >= 0.6 is 0 Å². The number of nitrogens with one attached hydrogen (secondary N) is 1. The number of carbonyl (C=O) groups is 2. The fourth-order valence-electron chi connectivity index (χ4n) is 5.13. The molecule has 0 radical (unpaired) electrons. The van der Waals surface area contributed by atoms with Gasteiger partial charge in [0.2, 0.25) is 5.91 Å². The Kier molecular flexibility index (Phi) is 7.22. The van der Waals surface area contributed by atoms with Gasteiger partial charge in [0.25, 0.3) is 0 Å². The van der Waals surface area contributed by atoms with E-state index >= 15 is 0 Å². The fourth-order valence-corrected chi connectivity index (χ4v) is 5.13. The van der Waals surface area contributed by atoms with E-state index in [0.717, 1.165) is 37.1 Å². The Hall–Kier alpha value is -2.93. The lowest BCUT2D eigenvalue weighted by atomic mass is 9.64. The highest BCUT2D eigenvalue weighted by atomic mass is 19.1. The molecule has 4 rings (SSSR count). The summed E-state index contributed by atoms with van der Waals surface area (Å²) in [7, 11) is 0. The van der Waals surface area contributed by atoms with Gasteiger partial charge in [-0.2, -0.15) is 0 Å². The van der Waals surface area contributed by atoms with Crippen LogP contribution in [0.2, 0.25) is 0 Å². The highest BCUT2D eigenvalue weighted by Gasteiger charge is 2.46. The number of nitrogens with zero attached hydrogens (tertiary/aromatic N) is 1. The zero-order valence-electron chi connectivity index (χ0n) is 19.9. The molecule has 2 fully saturated rings. The van der Waals surface area contributed by atoms with Crippen LogP contribution in [0.3, 0.4) is 0 Å². The number of carboxylic acid groups (broad SMARTS) is 1. The Morgan fingerprint density at radius 2 is 1.91 bits per heavy atom. The van der Waals surface area contributed by atoms with Gasteiger partial charge in [0.1, 0.15) is 5.82 Å². The molecular formula is C27H33FN2O4. The molecule has 182 valence electrons. The Morgan fingerprint density at radius 3 is 2.50 bits per heavy atom. The summed E-state index contributed by atoms with van der Waals surface area (Å²) in [4.78, 5) is 27.4. The van der Waals surface area contributed by atoms with E-state index in [4.69, 9.17) is 4.74 Å². The monoisotopic (exact) mass is 468 g/mol. The van der Waals surface area contributed by atoms with E-state index in [1.807, 2.05) is 18.2 Å². The van der Waals surface area contributed by atoms with E-state index in [0.29, 0.717) is 42.9 Å². The number of carboxylic acids is 1. The maximum Gasteiger partial charge on any atom is 0.314 e. The summed E-state index contributed by atoms with van der Waals surface area (Å²) in [6, 6.07) is 10.7. The number of halogens is 1. The number of aryl methyl sites for hydroxylation is 1. The Labute approximate surface area is 200 Å². The zero-order valence-corrected chi connectivity index (χ0v) is 19.9. The third-order valence-corrected chi connectivity index (χ3v) is 7.28. The lowest BCUT2D eigenvalue weighted by Gasteiger charge is -2.40. The van der Waals surface area contributed by atoms with Crippen LogP contribution in [-0.2, 0) is 26.2 Å². The van der Waals surface area contributed by atoms with Crippen LogP contribution < -0.4 is 10.2 Å². The van der Waals surface area contributed by atoms with Crippen LogP contribution in [0.5, 0.6) is 0 Å². The quantitative estimate of drug-likeness (QED) is 0.580. The zero-order chi connectivity index (χ0) is 24.3. The van der Waals surface area contributed by atoms with Crippen molar-refractivity contribution in [1.82, 2.24) is 0 Å². The summed E-state index contributed by atoms with van der Waals surface area (Å²) in [6.07, 6.45) is 3.71. The molecule has 2 aromatic carbocycles. The van der Waals surface area contributed by atoms with Gasteiger partial charge in [0, 0.05) is 25.8 Å². The predicted octanol–water partition coefficient (Wildman–Crippen LogP) is 4.83. The number of hydrogen-bond acceptors (Lipinski definition) is 4. The standard InChI is InChI=1S/C27H33FN2O4/c1-3-30(21-9-13-34-14-10-21)24-8-7-20(27(26(32)33)11-4-12-27)17-23(24)29-25(31)16-19-6-5-18(2)15-22(19)28/h5-8,15,17,21H,3-4,9-14,16H2,1-2H3,(H,29,31)(H,32,33). The second-order valence-electron chi connectivity index (χ2n) is 9.42. The van der Waals surface area contributed by atoms with Gasteiger partial charge in [0.15, 0.2) is 0 Å². The van der Waals surface area contributed by atoms with Crippen molar-refractivity contribution >= 4 is 23.3 Å². The number of rotatable bonds is 8. The van der Waals surface area contributed by atoms with Crippen LogP contribution in [0.1, 0.15) is 55.7 Å². The third kappa shape index (κ3) is 4.80. The number of aliphatic carboxylic acids is 1. The van der Waals surface area contributed by atoms with E-state index in [2.05, 4.69) is 17.1 Å². The Morgan fingerprint density at radius 1 is 1.18 bits per heavy atom. The molecule has 6 nitrogen and oxygen atoms in total. The van der Waals surface area contributed by atoms with Crippen molar-refractivity contribution in [2.45, 2.75) is 63.8 Å². The molecule has 1 aliphatic heterocycles. The molecule has 1 heterocycles. The number of amides is 1. The molecule has 0 unspecified atom stereocenters. The first kappa shape index (κ1) is 24.2. The van der Waals surface area contributed by atoms with Crippen LogP contribution in [0.25, 0.3) is 0 Å². The molecule has 34 heavy (non-hydrogen) atoms. The van der Waals surface area contributed by atoms with Gasteiger partial charge in [-0.25, -0.2) is 4.39 Å². The van der Waals surface area contributed by atoms with Gasteiger partial charge < -0.3 is 20.1 Å². The van der Waals surface area contributed by atoms with E-state index in [1.54, 1.807) is 19.1 Å². The second-order valence-corrected chi connectivity index (χ2v) is 9.42. The topological polar surface area (TPSA) is 78.9 Å². The van der Waals surface area contributed by atoms with Crippen LogP contribution in [0.4, 0.5) is 15.8 Å². The Bertz CT molecular complexity index is 1060. The van der Waals surface area contributed by atoms with E-state index in [-0.39, 0.29) is 18.4 Å². The summed E-state index contributed by atoms with van der Waals surface area (Å²) in [5, 5.41) is 12.9. The SMILES string of the molecule is CCN(c1ccc(C2(C(=O)O)CCC2)cc1NC(=O)Cc1ccc(C)cc1F)C1CCOCC1. The normalized spacial score (nSPS) is 17.6. The molecule has 2 aliphatic rings. The van der Waals surface area contributed by atoms with Crippen LogP contribution in [0.15, 0.2) is 36.4 Å². The number of carbonyl (C=O) groups excluding carboxylic acids is 1. The number of anilines is 2. The summed E-state index contributed by atoms with van der Waals surface area (Å²) in [5.41, 5.74) is 2.36. The van der Waals surface area contributed by atoms with Gasteiger partial charge in [-0.1, -0.05) is 24.6 Å². The molecule has 1 amide bonds. The predicted molar refractivity (Wildman–Crippen MR) is 130 cm³/mol. The molecule has 0 spiro atoms. The van der Waals surface area contributed by atoms with Crippen molar-refractivity contribution in [1.29, 1.82) is 0 Å². The van der Waals surface area contributed by atoms with E-state index in [9.17, 15) is 19.1 Å². The third-order valence-electron chi connectivity index (χ3n) is 7.28. The summed E-state index contributed by atoms with van der Waals surface area (Å²) < 4.78 is 19.9. The van der Waals surface area contributed by atoms with Crippen LogP contribution in [0, 0.1) is 12.7 Å². The van der Waals surface area contributed by atoms with E-state index < -0.39 is 17.2 Å². The first-order valence-corrected chi connectivity index (χ1v) is 12.1. The molecule has 7 heteroatoms. The van der Waals surface area contributed by atoms with E-state index in [1.165, 1.54) is 6.07 Å². The largest absolute Gasteiger partial charge is 0.481 e. The van der Waals surface area contributed by atoms with Gasteiger partial charge in [-0.3, -0.25) is 9.59 Å². The molecule has 0 bridgehead atoms. The minimum Gasteiger partial charge on any atom is -0.481 e. The highest BCUT2D eigenvalue weighted by molar-refractivity contribution is 5.96. The van der Waals surface area contributed by atoms with Crippen molar-refractivity contribution < 1.29 is 23.8 Å². The first-order chi connectivity index (χ1) is 16.3. The molecule has 1 saturated heterocycles. The van der Waals surface area contributed by atoms with Crippen molar-refractivity contribution in [2.24, 2.45) is 0 Å². The summed E-state index contributed by atoms with van der Waals surface area (Å²) in [6.45, 7) is 6.00. The van der Waals surface area contributed by atoms with Crippen LogP contribution in [-0.4, -0.2) is 42.8 Å². The highest BCUT2D eigenvalue weighted by Crippen LogP contribution is 2.46. The number of ether oxygens (including phenoxy) is 1. The van der Waals surface area contributed by atoms with Gasteiger partial charge in [0.05, 0.1) is 23.2 Å². The first-order valence-electron chi connectivity index (χ1n) is 12.1. The molecule has 2 N–H and O–H groups in total. The molecule has 2 aromatic rings. The van der Waals surface area contributed by atoms with Gasteiger partial charge in [-0.05, 0) is 74.4 Å². The number of benzene rings is 2. The molecular weight excluding hydrogens is 435 g/mol. The minimum absolute atomic E-state index is 0.0940.